The number of nitrogens with two attached hydrogens (primary N) is 1. The van der Waals surface area contributed by atoms with Crippen molar-refractivity contribution in [3.8, 4) is 17.2 Å². The van der Waals surface area contributed by atoms with E-state index < -0.39 is 5.54 Å². The van der Waals surface area contributed by atoms with E-state index in [0.29, 0.717) is 22.8 Å². The molecule has 7 nitrogen and oxygen atoms in total. The molecule has 0 radical (unpaired) electrons. The highest BCUT2D eigenvalue weighted by molar-refractivity contribution is 5.96. The number of amides is 1. The number of rotatable bonds is 7. The molecule has 0 spiro atoms. The van der Waals surface area contributed by atoms with Crippen molar-refractivity contribution >= 4 is 5.91 Å². The quantitative estimate of drug-likeness (QED) is 0.733. The summed E-state index contributed by atoms with van der Waals surface area (Å²) in [5.74, 6) is 6.01. The summed E-state index contributed by atoms with van der Waals surface area (Å²) >= 11 is 0. The van der Waals surface area contributed by atoms with E-state index in [9.17, 15) is 4.79 Å². The van der Waals surface area contributed by atoms with E-state index in [0.717, 1.165) is 0 Å². The van der Waals surface area contributed by atoms with Crippen molar-refractivity contribution < 1.29 is 23.8 Å². The lowest BCUT2D eigenvalue weighted by atomic mass is 10.1. The van der Waals surface area contributed by atoms with Gasteiger partial charge in [-0.3, -0.25) is 4.79 Å². The average Bonchev–Trinajstić information content (AvgIpc) is 2.44. The van der Waals surface area contributed by atoms with E-state index in [1.54, 1.807) is 26.0 Å². The molecule has 0 heterocycles. The minimum absolute atomic E-state index is 0.184. The van der Waals surface area contributed by atoms with Gasteiger partial charge in [0.15, 0.2) is 11.5 Å². The van der Waals surface area contributed by atoms with E-state index in [1.165, 1.54) is 21.3 Å². The van der Waals surface area contributed by atoms with Crippen molar-refractivity contribution in [3.63, 3.8) is 0 Å². The molecule has 7 heteroatoms. The van der Waals surface area contributed by atoms with Crippen LogP contribution in [0.4, 0.5) is 0 Å². The molecule has 0 aliphatic heterocycles. The lowest BCUT2D eigenvalue weighted by molar-refractivity contribution is 0.0687. The van der Waals surface area contributed by atoms with E-state index in [4.69, 9.17) is 20.1 Å². The zero-order valence-electron chi connectivity index (χ0n) is 13.0. The average molecular weight is 298 g/mol. The molecule has 0 unspecified atom stereocenters. The number of hydrogen-bond acceptors (Lipinski definition) is 6. The summed E-state index contributed by atoms with van der Waals surface area (Å²) in [6, 6.07) is 3.16. The van der Waals surface area contributed by atoms with E-state index >= 15 is 0 Å². The Balaban J connectivity index is 3.10. The van der Waals surface area contributed by atoms with Crippen molar-refractivity contribution in [2.75, 3.05) is 27.9 Å². The molecule has 1 rings (SSSR count). The second kappa shape index (κ2) is 7.14. The van der Waals surface area contributed by atoms with Crippen LogP contribution >= 0.6 is 0 Å². The Kier molecular flexibility index (Phi) is 5.80. The summed E-state index contributed by atoms with van der Waals surface area (Å²) in [5, 5.41) is 2.82. The first-order valence-electron chi connectivity index (χ1n) is 6.32. The van der Waals surface area contributed by atoms with Crippen LogP contribution in [0, 0.1) is 0 Å². The molecule has 0 saturated heterocycles. The van der Waals surface area contributed by atoms with Gasteiger partial charge in [-0.2, -0.15) is 0 Å². The second-order valence-corrected chi connectivity index (χ2v) is 5.06. The predicted octanol–water partition coefficient (Wildman–Crippen LogP) is 1.11. The van der Waals surface area contributed by atoms with Crippen molar-refractivity contribution in [1.29, 1.82) is 0 Å². The lowest BCUT2D eigenvalue weighted by Gasteiger charge is -2.25. The third-order valence-corrected chi connectivity index (χ3v) is 2.82. The highest BCUT2D eigenvalue weighted by Crippen LogP contribution is 2.38. The van der Waals surface area contributed by atoms with E-state index in [1.807, 2.05) is 0 Å². The lowest BCUT2D eigenvalue weighted by Crippen LogP contribution is -2.47. The summed E-state index contributed by atoms with van der Waals surface area (Å²) in [4.78, 5) is 16.9. The van der Waals surface area contributed by atoms with Crippen LogP contribution in [-0.4, -0.2) is 39.4 Å². The fraction of sp³-hybridized carbons (Fsp3) is 0.500. The van der Waals surface area contributed by atoms with Gasteiger partial charge in [-0.1, -0.05) is 0 Å². The monoisotopic (exact) mass is 298 g/mol. The van der Waals surface area contributed by atoms with Gasteiger partial charge in [-0.15, -0.1) is 0 Å². The maximum atomic E-state index is 12.3. The number of hydrogen-bond donors (Lipinski definition) is 2. The van der Waals surface area contributed by atoms with Crippen LogP contribution in [0.15, 0.2) is 12.1 Å². The molecule has 1 aromatic carbocycles. The number of nitrogens with one attached hydrogen (secondary N) is 1. The fourth-order valence-corrected chi connectivity index (χ4v) is 1.84. The van der Waals surface area contributed by atoms with Gasteiger partial charge in [0.2, 0.25) is 5.75 Å². The zero-order valence-corrected chi connectivity index (χ0v) is 13.0. The van der Waals surface area contributed by atoms with Gasteiger partial charge >= 0.3 is 0 Å². The molecular weight excluding hydrogens is 276 g/mol. The Labute approximate surface area is 124 Å². The standard InChI is InChI=1S/C14H22N2O5/c1-14(2,8-21-15)16-13(17)9-6-10(18-3)12(20-5)11(7-9)19-4/h6-7H,8,15H2,1-5H3,(H,16,17). The Hall–Kier alpha value is -1.99. The van der Waals surface area contributed by atoms with Crippen LogP contribution in [0.25, 0.3) is 0 Å². The van der Waals surface area contributed by atoms with Crippen LogP contribution in [0.2, 0.25) is 0 Å². The third-order valence-electron chi connectivity index (χ3n) is 2.82. The molecule has 0 bridgehead atoms. The largest absolute Gasteiger partial charge is 0.493 e. The number of carbonyl (C=O) groups is 1. The Morgan fingerprint density at radius 2 is 1.67 bits per heavy atom. The molecule has 0 saturated carbocycles. The van der Waals surface area contributed by atoms with E-state index in [-0.39, 0.29) is 12.5 Å². The van der Waals surface area contributed by atoms with Crippen LogP contribution in [-0.2, 0) is 4.84 Å². The summed E-state index contributed by atoms with van der Waals surface area (Å²) in [6.45, 7) is 3.79. The van der Waals surface area contributed by atoms with E-state index in [2.05, 4.69) is 10.2 Å². The normalized spacial score (nSPS) is 11.0. The highest BCUT2D eigenvalue weighted by atomic mass is 16.6. The first-order chi connectivity index (χ1) is 9.88. The third kappa shape index (κ3) is 4.24. The molecule has 118 valence electrons. The molecule has 1 amide bonds. The maximum Gasteiger partial charge on any atom is 0.252 e. The van der Waals surface area contributed by atoms with Crippen molar-refractivity contribution in [2.45, 2.75) is 19.4 Å². The smallest absolute Gasteiger partial charge is 0.252 e. The molecule has 21 heavy (non-hydrogen) atoms. The molecule has 0 aliphatic rings. The maximum absolute atomic E-state index is 12.3. The number of benzene rings is 1. The topological polar surface area (TPSA) is 92.0 Å². The van der Waals surface area contributed by atoms with Gasteiger partial charge in [0.1, 0.15) is 0 Å². The minimum Gasteiger partial charge on any atom is -0.493 e. The van der Waals surface area contributed by atoms with Gasteiger partial charge in [0, 0.05) is 5.56 Å². The Morgan fingerprint density at radius 3 is 2.05 bits per heavy atom. The zero-order chi connectivity index (χ0) is 16.0. The molecular formula is C14H22N2O5. The van der Waals surface area contributed by atoms with Crippen LogP contribution in [0.3, 0.4) is 0 Å². The SMILES string of the molecule is COc1cc(C(=O)NC(C)(C)CON)cc(OC)c1OC. The summed E-state index contributed by atoms with van der Waals surface area (Å²) in [5.41, 5.74) is -0.221. The van der Waals surface area contributed by atoms with Crippen molar-refractivity contribution in [1.82, 2.24) is 5.32 Å². The van der Waals surface area contributed by atoms with Gasteiger partial charge in [-0.25, -0.2) is 5.90 Å². The molecule has 0 aromatic heterocycles. The van der Waals surface area contributed by atoms with Gasteiger partial charge < -0.3 is 24.4 Å². The second-order valence-electron chi connectivity index (χ2n) is 5.06. The first kappa shape index (κ1) is 17.1. The number of methoxy groups -OCH3 is 3. The number of carbonyl (C=O) groups excluding carboxylic acids is 1. The molecule has 0 atom stereocenters. The highest BCUT2D eigenvalue weighted by Gasteiger charge is 2.23. The van der Waals surface area contributed by atoms with Crippen LogP contribution < -0.4 is 25.4 Å². The Bertz CT molecular complexity index is 477. The van der Waals surface area contributed by atoms with Crippen molar-refractivity contribution in [3.05, 3.63) is 17.7 Å². The molecule has 3 N–H and O–H groups in total. The first-order valence-corrected chi connectivity index (χ1v) is 6.32. The fourth-order valence-electron chi connectivity index (χ4n) is 1.84. The summed E-state index contributed by atoms with van der Waals surface area (Å²) < 4.78 is 15.6. The summed E-state index contributed by atoms with van der Waals surface area (Å²) in [7, 11) is 4.48. The van der Waals surface area contributed by atoms with Gasteiger partial charge in [0.25, 0.3) is 5.91 Å². The Morgan fingerprint density at radius 1 is 1.14 bits per heavy atom. The van der Waals surface area contributed by atoms with Crippen LogP contribution in [0.1, 0.15) is 24.2 Å². The van der Waals surface area contributed by atoms with Crippen molar-refractivity contribution in [2.24, 2.45) is 5.90 Å². The molecule has 1 aromatic rings. The van der Waals surface area contributed by atoms with Gasteiger partial charge in [0.05, 0.1) is 33.5 Å². The predicted molar refractivity (Wildman–Crippen MR) is 77.8 cm³/mol. The molecule has 0 fully saturated rings. The summed E-state index contributed by atoms with van der Waals surface area (Å²) in [6.07, 6.45) is 0. The van der Waals surface area contributed by atoms with Crippen LogP contribution in [0.5, 0.6) is 17.2 Å². The molecule has 0 aliphatic carbocycles. The van der Waals surface area contributed by atoms with Gasteiger partial charge in [-0.05, 0) is 26.0 Å². The number of ether oxygens (including phenoxy) is 3. The minimum atomic E-state index is -0.605.